The van der Waals surface area contributed by atoms with Gasteiger partial charge in [0.2, 0.25) is 0 Å². The van der Waals surface area contributed by atoms with E-state index in [0.29, 0.717) is 5.41 Å². The fourth-order valence-electron chi connectivity index (χ4n) is 2.82. The number of hydrogen-bond donors (Lipinski definition) is 1. The molecule has 3 rings (SSSR count). The lowest BCUT2D eigenvalue weighted by Gasteiger charge is -2.43. The van der Waals surface area contributed by atoms with E-state index in [4.69, 9.17) is 23.2 Å². The van der Waals surface area contributed by atoms with E-state index < -0.39 is 0 Å². The molecule has 0 radical (unpaired) electrons. The molecule has 1 aromatic rings. The highest BCUT2D eigenvalue weighted by atomic mass is 35.5. The molecule has 2 fully saturated rings. The quantitative estimate of drug-likeness (QED) is 0.841. The third-order valence-corrected chi connectivity index (χ3v) is 5.08. The van der Waals surface area contributed by atoms with Gasteiger partial charge in [-0.3, -0.25) is 0 Å². The average molecular weight is 284 g/mol. The van der Waals surface area contributed by atoms with Crippen LogP contribution < -0.4 is 5.32 Å². The Balaban J connectivity index is 1.72. The molecule has 98 valence electrons. The van der Waals surface area contributed by atoms with Crippen LogP contribution in [0.1, 0.15) is 37.7 Å². The van der Waals surface area contributed by atoms with Crippen LogP contribution >= 0.6 is 23.2 Å². The lowest BCUT2D eigenvalue weighted by atomic mass is 9.65. The van der Waals surface area contributed by atoms with Gasteiger partial charge in [-0.2, -0.15) is 0 Å². The summed E-state index contributed by atoms with van der Waals surface area (Å²) in [6, 6.07) is 6.60. The van der Waals surface area contributed by atoms with E-state index in [1.54, 1.807) is 0 Å². The van der Waals surface area contributed by atoms with Crippen LogP contribution in [0.25, 0.3) is 0 Å². The zero-order chi connectivity index (χ0) is 12.6. The predicted molar refractivity (Wildman–Crippen MR) is 77.5 cm³/mol. The molecule has 18 heavy (non-hydrogen) atoms. The van der Waals surface area contributed by atoms with Crippen molar-refractivity contribution in [1.82, 2.24) is 5.32 Å². The van der Waals surface area contributed by atoms with Gasteiger partial charge in [0.1, 0.15) is 0 Å². The highest BCUT2D eigenvalue weighted by Gasteiger charge is 2.39. The first-order valence-corrected chi connectivity index (χ1v) is 7.60. The standard InChI is InChI=1S/C15H19Cl2N/c16-13-3-1-4-14(17)12(13)9-15(7-2-8-15)10-18-11-5-6-11/h1,3-4,11,18H,2,5-10H2. The highest BCUT2D eigenvalue weighted by molar-refractivity contribution is 6.36. The minimum Gasteiger partial charge on any atom is -0.313 e. The van der Waals surface area contributed by atoms with E-state index in [1.807, 2.05) is 18.2 Å². The fraction of sp³-hybridized carbons (Fsp3) is 0.600. The van der Waals surface area contributed by atoms with Crippen molar-refractivity contribution >= 4 is 23.2 Å². The molecule has 2 aliphatic rings. The van der Waals surface area contributed by atoms with E-state index in [2.05, 4.69) is 5.32 Å². The van der Waals surface area contributed by atoms with E-state index in [9.17, 15) is 0 Å². The molecule has 0 saturated heterocycles. The van der Waals surface area contributed by atoms with Crippen LogP contribution in [0.4, 0.5) is 0 Å². The van der Waals surface area contributed by atoms with Gasteiger partial charge in [0.15, 0.2) is 0 Å². The fourth-order valence-corrected chi connectivity index (χ4v) is 3.35. The summed E-state index contributed by atoms with van der Waals surface area (Å²) in [6.45, 7) is 1.12. The summed E-state index contributed by atoms with van der Waals surface area (Å²) in [5, 5.41) is 5.31. The van der Waals surface area contributed by atoms with Crippen molar-refractivity contribution in [2.24, 2.45) is 5.41 Å². The molecule has 0 unspecified atom stereocenters. The van der Waals surface area contributed by atoms with Gasteiger partial charge in [0, 0.05) is 22.6 Å². The summed E-state index contributed by atoms with van der Waals surface area (Å²) in [4.78, 5) is 0. The summed E-state index contributed by atoms with van der Waals surface area (Å²) >= 11 is 12.6. The van der Waals surface area contributed by atoms with Crippen LogP contribution in [-0.4, -0.2) is 12.6 Å². The number of hydrogen-bond acceptors (Lipinski definition) is 1. The zero-order valence-corrected chi connectivity index (χ0v) is 12.0. The summed E-state index contributed by atoms with van der Waals surface area (Å²) in [5.41, 5.74) is 1.54. The molecule has 0 amide bonds. The minimum absolute atomic E-state index is 0.400. The lowest BCUT2D eigenvalue weighted by molar-refractivity contribution is 0.129. The monoisotopic (exact) mass is 283 g/mol. The molecule has 3 heteroatoms. The van der Waals surface area contributed by atoms with E-state index in [1.165, 1.54) is 32.1 Å². The Morgan fingerprint density at radius 1 is 1.17 bits per heavy atom. The third-order valence-electron chi connectivity index (χ3n) is 4.37. The smallest absolute Gasteiger partial charge is 0.0453 e. The van der Waals surface area contributed by atoms with Gasteiger partial charge in [-0.15, -0.1) is 0 Å². The second kappa shape index (κ2) is 5.03. The maximum atomic E-state index is 6.29. The molecule has 0 aromatic heterocycles. The van der Waals surface area contributed by atoms with Gasteiger partial charge in [0.25, 0.3) is 0 Å². The number of benzene rings is 1. The van der Waals surface area contributed by atoms with Gasteiger partial charge in [-0.1, -0.05) is 35.7 Å². The highest BCUT2D eigenvalue weighted by Crippen LogP contribution is 2.45. The summed E-state index contributed by atoms with van der Waals surface area (Å²) in [7, 11) is 0. The second-order valence-corrected chi connectivity index (χ2v) is 6.70. The SMILES string of the molecule is Clc1cccc(Cl)c1CC1(CNC2CC2)CCC1. The number of rotatable bonds is 5. The molecule has 0 aliphatic heterocycles. The maximum absolute atomic E-state index is 6.29. The molecule has 0 heterocycles. The first kappa shape index (κ1) is 12.8. The van der Waals surface area contributed by atoms with Crippen LogP contribution in [0.15, 0.2) is 18.2 Å². The molecule has 2 aliphatic carbocycles. The van der Waals surface area contributed by atoms with Crippen molar-refractivity contribution in [2.45, 2.75) is 44.6 Å². The van der Waals surface area contributed by atoms with Gasteiger partial charge in [0.05, 0.1) is 0 Å². The van der Waals surface area contributed by atoms with Crippen LogP contribution in [0.2, 0.25) is 10.0 Å². The topological polar surface area (TPSA) is 12.0 Å². The van der Waals surface area contributed by atoms with Crippen molar-refractivity contribution in [3.63, 3.8) is 0 Å². The van der Waals surface area contributed by atoms with Gasteiger partial charge < -0.3 is 5.32 Å². The van der Waals surface area contributed by atoms with Crippen LogP contribution in [-0.2, 0) is 6.42 Å². The molecule has 1 N–H and O–H groups in total. The van der Waals surface area contributed by atoms with Crippen LogP contribution in [0.3, 0.4) is 0 Å². The van der Waals surface area contributed by atoms with Gasteiger partial charge >= 0.3 is 0 Å². The Hall–Kier alpha value is -0.240. The van der Waals surface area contributed by atoms with Crippen molar-refractivity contribution in [1.29, 1.82) is 0 Å². The molecular weight excluding hydrogens is 265 g/mol. The van der Waals surface area contributed by atoms with Crippen LogP contribution in [0, 0.1) is 5.41 Å². The van der Waals surface area contributed by atoms with Crippen molar-refractivity contribution in [2.75, 3.05) is 6.54 Å². The molecule has 0 bridgehead atoms. The van der Waals surface area contributed by atoms with Crippen LogP contribution in [0.5, 0.6) is 0 Å². The van der Waals surface area contributed by atoms with Gasteiger partial charge in [-0.05, 0) is 55.2 Å². The predicted octanol–water partition coefficient (Wildman–Crippen LogP) is 4.46. The third kappa shape index (κ3) is 2.68. The van der Waals surface area contributed by atoms with Crippen molar-refractivity contribution in [3.05, 3.63) is 33.8 Å². The number of halogens is 2. The first-order chi connectivity index (χ1) is 8.69. The van der Waals surface area contributed by atoms with Gasteiger partial charge in [-0.25, -0.2) is 0 Å². The normalized spacial score (nSPS) is 21.7. The molecular formula is C15H19Cl2N. The Morgan fingerprint density at radius 2 is 1.83 bits per heavy atom. The Kier molecular flexibility index (Phi) is 3.57. The molecule has 1 aromatic carbocycles. The Morgan fingerprint density at radius 3 is 2.33 bits per heavy atom. The molecule has 0 spiro atoms. The Labute approximate surface area is 119 Å². The van der Waals surface area contributed by atoms with E-state index in [-0.39, 0.29) is 0 Å². The molecule has 0 atom stereocenters. The maximum Gasteiger partial charge on any atom is 0.0453 e. The van der Waals surface area contributed by atoms with Crippen molar-refractivity contribution < 1.29 is 0 Å². The number of nitrogens with one attached hydrogen (secondary N) is 1. The second-order valence-electron chi connectivity index (χ2n) is 5.89. The summed E-state index contributed by atoms with van der Waals surface area (Å²) in [6.07, 6.45) is 7.66. The molecule has 2 saturated carbocycles. The van der Waals surface area contributed by atoms with E-state index in [0.717, 1.165) is 34.6 Å². The average Bonchev–Trinajstić information content (AvgIpc) is 3.09. The van der Waals surface area contributed by atoms with E-state index >= 15 is 0 Å². The first-order valence-electron chi connectivity index (χ1n) is 6.85. The summed E-state index contributed by atoms with van der Waals surface area (Å²) < 4.78 is 0. The largest absolute Gasteiger partial charge is 0.313 e. The zero-order valence-electron chi connectivity index (χ0n) is 10.5. The Bertz CT molecular complexity index is 416. The summed E-state index contributed by atoms with van der Waals surface area (Å²) in [5.74, 6) is 0. The van der Waals surface area contributed by atoms with Crippen molar-refractivity contribution in [3.8, 4) is 0 Å². The molecule has 1 nitrogen and oxygen atoms in total. The minimum atomic E-state index is 0.400. The lowest BCUT2D eigenvalue weighted by Crippen LogP contribution is -2.42.